The van der Waals surface area contributed by atoms with Crippen LogP contribution in [0.1, 0.15) is 27.8 Å². The minimum absolute atomic E-state index is 0.0451. The summed E-state index contributed by atoms with van der Waals surface area (Å²) < 4.78 is 6.87. The van der Waals surface area contributed by atoms with Gasteiger partial charge in [-0.2, -0.15) is 5.26 Å². The quantitative estimate of drug-likeness (QED) is 0.222. The largest absolute Gasteiger partial charge is 0.481 e. The van der Waals surface area contributed by atoms with Gasteiger partial charge in [0.25, 0.3) is 11.8 Å². The molecule has 6 nitrogen and oxygen atoms in total. The molecule has 0 unspecified atom stereocenters. The molecule has 0 spiro atoms. The van der Waals surface area contributed by atoms with Gasteiger partial charge in [0.15, 0.2) is 6.61 Å². The number of nitrogens with zero attached hydrogens (tertiary/aromatic N) is 1. The van der Waals surface area contributed by atoms with Gasteiger partial charge in [0, 0.05) is 11.4 Å². The van der Waals surface area contributed by atoms with E-state index in [1.807, 2.05) is 64.1 Å². The lowest BCUT2D eigenvalue weighted by molar-refractivity contribution is -0.118. The van der Waals surface area contributed by atoms with Crippen LogP contribution in [0.3, 0.4) is 0 Å². The third-order valence-corrected chi connectivity index (χ3v) is 6.74. The highest BCUT2D eigenvalue weighted by molar-refractivity contribution is 9.11. The van der Waals surface area contributed by atoms with Gasteiger partial charge in [0.1, 0.15) is 17.4 Å². The average Bonchev–Trinajstić information content (AvgIpc) is 2.82. The number of carbonyl (C=O) groups excluding carboxylic acids is 2. The highest BCUT2D eigenvalue weighted by atomic mass is 79.9. The van der Waals surface area contributed by atoms with Crippen molar-refractivity contribution >= 4 is 61.1 Å². The zero-order chi connectivity index (χ0) is 26.4. The van der Waals surface area contributed by atoms with Crippen molar-refractivity contribution in [2.24, 2.45) is 0 Å². The van der Waals surface area contributed by atoms with Crippen LogP contribution < -0.4 is 15.4 Å². The number of anilines is 2. The number of nitriles is 1. The van der Waals surface area contributed by atoms with E-state index in [4.69, 9.17) is 4.74 Å². The minimum atomic E-state index is -0.498. The maximum absolute atomic E-state index is 12.7. The fraction of sp³-hybridized carbons (Fsp3) is 0.179. The highest BCUT2D eigenvalue weighted by Crippen LogP contribution is 2.35. The van der Waals surface area contributed by atoms with Crippen LogP contribution in [-0.2, 0) is 9.59 Å². The molecule has 0 aliphatic rings. The molecule has 3 aromatic rings. The number of ether oxygens (including phenoxy) is 1. The Kier molecular flexibility index (Phi) is 9.08. The van der Waals surface area contributed by atoms with Crippen LogP contribution >= 0.6 is 31.9 Å². The Bertz CT molecular complexity index is 1380. The zero-order valence-electron chi connectivity index (χ0n) is 20.3. The van der Waals surface area contributed by atoms with E-state index >= 15 is 0 Å². The molecule has 2 N–H and O–H groups in total. The number of hydrogen-bond acceptors (Lipinski definition) is 4. The highest BCUT2D eigenvalue weighted by Gasteiger charge is 2.15. The van der Waals surface area contributed by atoms with E-state index < -0.39 is 5.91 Å². The van der Waals surface area contributed by atoms with Crippen LogP contribution in [0.4, 0.5) is 11.4 Å². The van der Waals surface area contributed by atoms with Gasteiger partial charge in [0.2, 0.25) is 0 Å². The Balaban J connectivity index is 1.72. The molecule has 0 bridgehead atoms. The lowest BCUT2D eigenvalue weighted by Gasteiger charge is -2.13. The molecule has 2 amide bonds. The topological polar surface area (TPSA) is 91.2 Å². The third-order valence-electron chi connectivity index (χ3n) is 5.56. The molecule has 0 atom stereocenters. The first kappa shape index (κ1) is 27.2. The van der Waals surface area contributed by atoms with Crippen LogP contribution in [0.15, 0.2) is 63.0 Å². The van der Waals surface area contributed by atoms with Gasteiger partial charge in [-0.3, -0.25) is 9.59 Å². The van der Waals surface area contributed by atoms with Gasteiger partial charge in [-0.25, -0.2) is 0 Å². The van der Waals surface area contributed by atoms with Gasteiger partial charge in [-0.05, 0) is 118 Å². The summed E-state index contributed by atoms with van der Waals surface area (Å²) >= 11 is 6.91. The Morgan fingerprint density at radius 3 is 2.31 bits per heavy atom. The molecule has 0 aliphatic heterocycles. The average molecular weight is 611 g/mol. The second-order valence-electron chi connectivity index (χ2n) is 8.34. The number of halogens is 2. The summed E-state index contributed by atoms with van der Waals surface area (Å²) in [4.78, 5) is 25.2. The lowest BCUT2D eigenvalue weighted by Crippen LogP contribution is -2.21. The fourth-order valence-electron chi connectivity index (χ4n) is 3.39. The van der Waals surface area contributed by atoms with Crippen molar-refractivity contribution in [2.75, 3.05) is 17.2 Å². The lowest BCUT2D eigenvalue weighted by atomic mass is 10.1. The monoisotopic (exact) mass is 609 g/mol. The molecular formula is C28H25Br2N3O3. The van der Waals surface area contributed by atoms with E-state index in [1.165, 1.54) is 6.08 Å². The molecule has 0 aliphatic carbocycles. The van der Waals surface area contributed by atoms with Gasteiger partial charge < -0.3 is 15.4 Å². The molecule has 0 saturated carbocycles. The van der Waals surface area contributed by atoms with E-state index in [1.54, 1.807) is 18.2 Å². The van der Waals surface area contributed by atoms with Crippen molar-refractivity contribution in [3.05, 3.63) is 90.9 Å². The number of hydrogen-bond donors (Lipinski definition) is 2. The molecule has 0 saturated heterocycles. The summed E-state index contributed by atoms with van der Waals surface area (Å²) in [7, 11) is 0. The van der Waals surface area contributed by atoms with Crippen LogP contribution in [0, 0.1) is 39.0 Å². The number of amides is 2. The normalized spacial score (nSPS) is 11.0. The van der Waals surface area contributed by atoms with E-state index in [0.29, 0.717) is 25.9 Å². The number of benzene rings is 3. The Labute approximate surface area is 227 Å². The maximum Gasteiger partial charge on any atom is 0.266 e. The SMILES string of the molecule is Cc1ccc(C)c(NC(=O)COc2c(Br)cc(/C=C(/C#N)C(=O)Nc3cccc(C)c3C)cc2Br)c1. The molecule has 0 fully saturated rings. The van der Waals surface area contributed by atoms with Crippen LogP contribution in [-0.4, -0.2) is 18.4 Å². The first-order valence-electron chi connectivity index (χ1n) is 11.1. The second-order valence-corrected chi connectivity index (χ2v) is 10.0. The van der Waals surface area contributed by atoms with Crippen LogP contribution in [0.5, 0.6) is 5.75 Å². The zero-order valence-corrected chi connectivity index (χ0v) is 23.5. The van der Waals surface area contributed by atoms with E-state index in [-0.39, 0.29) is 18.1 Å². The number of rotatable bonds is 7. The van der Waals surface area contributed by atoms with Crippen molar-refractivity contribution in [1.29, 1.82) is 5.26 Å². The summed E-state index contributed by atoms with van der Waals surface area (Å²) in [6, 6.07) is 16.8. The second kappa shape index (κ2) is 12.0. The molecule has 0 radical (unpaired) electrons. The summed E-state index contributed by atoms with van der Waals surface area (Å²) in [5.74, 6) is -0.357. The molecule has 184 valence electrons. The number of carbonyl (C=O) groups is 2. The van der Waals surface area contributed by atoms with E-state index in [0.717, 1.165) is 27.9 Å². The predicted molar refractivity (Wildman–Crippen MR) is 150 cm³/mol. The molecule has 36 heavy (non-hydrogen) atoms. The molecule has 3 rings (SSSR count). The smallest absolute Gasteiger partial charge is 0.266 e. The number of aryl methyl sites for hydroxylation is 3. The van der Waals surface area contributed by atoms with Crippen molar-refractivity contribution in [1.82, 2.24) is 0 Å². The first-order chi connectivity index (χ1) is 17.1. The van der Waals surface area contributed by atoms with Gasteiger partial charge in [0.05, 0.1) is 8.95 Å². The predicted octanol–water partition coefficient (Wildman–Crippen LogP) is 7.01. The molecule has 0 aromatic heterocycles. The third kappa shape index (κ3) is 6.84. The summed E-state index contributed by atoms with van der Waals surface area (Å²) in [5, 5.41) is 15.2. The summed E-state index contributed by atoms with van der Waals surface area (Å²) in [6.45, 7) is 7.56. The van der Waals surface area contributed by atoms with Crippen LogP contribution in [0.2, 0.25) is 0 Å². The van der Waals surface area contributed by atoms with E-state index in [9.17, 15) is 14.9 Å². The molecule has 8 heteroatoms. The fourth-order valence-corrected chi connectivity index (χ4v) is 4.84. The van der Waals surface area contributed by atoms with Crippen LogP contribution in [0.25, 0.3) is 6.08 Å². The first-order valence-corrected chi connectivity index (χ1v) is 12.7. The Morgan fingerprint density at radius 2 is 1.64 bits per heavy atom. The summed E-state index contributed by atoms with van der Waals surface area (Å²) in [6.07, 6.45) is 1.49. The Hall–Kier alpha value is -3.41. The molecule has 3 aromatic carbocycles. The summed E-state index contributed by atoms with van der Waals surface area (Å²) in [5.41, 5.74) is 5.95. The molecule has 0 heterocycles. The van der Waals surface area contributed by atoms with Gasteiger partial charge >= 0.3 is 0 Å². The van der Waals surface area contributed by atoms with Gasteiger partial charge in [-0.15, -0.1) is 0 Å². The standard InChI is InChI=1S/C28H25Br2N3O3/c1-16-8-9-18(3)25(10-16)32-26(34)15-36-27-22(29)12-20(13-23(27)30)11-21(14-31)28(35)33-24-7-5-6-17(2)19(24)4/h5-13H,15H2,1-4H3,(H,32,34)(H,33,35)/b21-11-. The van der Waals surface area contributed by atoms with Crippen molar-refractivity contribution in [3.63, 3.8) is 0 Å². The van der Waals surface area contributed by atoms with Crippen molar-refractivity contribution in [2.45, 2.75) is 27.7 Å². The van der Waals surface area contributed by atoms with Gasteiger partial charge in [-0.1, -0.05) is 24.3 Å². The molecular weight excluding hydrogens is 586 g/mol. The maximum atomic E-state index is 12.7. The number of nitrogens with one attached hydrogen (secondary N) is 2. The van der Waals surface area contributed by atoms with Crippen molar-refractivity contribution < 1.29 is 14.3 Å². The van der Waals surface area contributed by atoms with Crippen molar-refractivity contribution in [3.8, 4) is 11.8 Å². The van der Waals surface area contributed by atoms with E-state index in [2.05, 4.69) is 42.5 Å². The minimum Gasteiger partial charge on any atom is -0.481 e. The Morgan fingerprint density at radius 1 is 0.944 bits per heavy atom.